The molecule has 0 aliphatic rings. The molecule has 0 amide bonds. The normalized spacial score (nSPS) is 12.5. The van der Waals surface area contributed by atoms with E-state index in [1.165, 1.54) is 12.0 Å². The molecule has 1 nitrogen and oxygen atoms in total. The predicted molar refractivity (Wildman–Crippen MR) is 59.0 cm³/mol. The quantitative estimate of drug-likeness (QED) is 0.707. The lowest BCUT2D eigenvalue weighted by molar-refractivity contribution is 0.523. The highest BCUT2D eigenvalue weighted by molar-refractivity contribution is 5.34. The smallest absolute Gasteiger partial charge is 0.0991 e. The van der Waals surface area contributed by atoms with E-state index in [2.05, 4.69) is 32.9 Å². The molecule has 1 heteroatoms. The molecule has 1 unspecified atom stereocenters. The maximum absolute atomic E-state index is 8.78. The Kier molecular flexibility index (Phi) is 3.71. The molecule has 1 rings (SSSR count). The van der Waals surface area contributed by atoms with E-state index in [0.29, 0.717) is 11.8 Å². The molecule has 74 valence electrons. The summed E-state index contributed by atoms with van der Waals surface area (Å²) in [6.07, 6.45) is 1.18. The largest absolute Gasteiger partial charge is 0.192 e. The molecule has 0 fully saturated rings. The van der Waals surface area contributed by atoms with Crippen molar-refractivity contribution in [1.82, 2.24) is 0 Å². The molecule has 0 aliphatic heterocycles. The van der Waals surface area contributed by atoms with Crippen LogP contribution in [0.5, 0.6) is 0 Å². The second-order valence-electron chi connectivity index (χ2n) is 4.27. The minimum absolute atomic E-state index is 0.545. The lowest BCUT2D eigenvalue weighted by atomic mass is 9.91. The number of benzene rings is 1. The van der Waals surface area contributed by atoms with Gasteiger partial charge in [0.25, 0.3) is 0 Å². The van der Waals surface area contributed by atoms with Gasteiger partial charge in [-0.3, -0.25) is 0 Å². The van der Waals surface area contributed by atoms with Crippen LogP contribution in [0.25, 0.3) is 0 Å². The van der Waals surface area contributed by atoms with E-state index >= 15 is 0 Å². The summed E-state index contributed by atoms with van der Waals surface area (Å²) in [5.74, 6) is 1.25. The predicted octanol–water partition coefficient (Wildman–Crippen LogP) is 3.71. The lowest BCUT2D eigenvalue weighted by Crippen LogP contribution is -1.98. The Morgan fingerprint density at radius 1 is 1.29 bits per heavy atom. The highest BCUT2D eigenvalue weighted by Gasteiger charge is 2.07. The van der Waals surface area contributed by atoms with Crippen molar-refractivity contribution in [3.8, 4) is 6.07 Å². The molecule has 1 atom stereocenters. The summed E-state index contributed by atoms with van der Waals surface area (Å²) in [5, 5.41) is 8.78. The van der Waals surface area contributed by atoms with Crippen molar-refractivity contribution >= 4 is 0 Å². The van der Waals surface area contributed by atoms with Gasteiger partial charge >= 0.3 is 0 Å². The van der Waals surface area contributed by atoms with Gasteiger partial charge < -0.3 is 0 Å². The summed E-state index contributed by atoms with van der Waals surface area (Å²) in [5.41, 5.74) is 2.04. The van der Waals surface area contributed by atoms with Gasteiger partial charge in [-0.15, -0.1) is 0 Å². The van der Waals surface area contributed by atoms with E-state index in [4.69, 9.17) is 5.26 Å². The van der Waals surface area contributed by atoms with Crippen molar-refractivity contribution in [2.75, 3.05) is 0 Å². The van der Waals surface area contributed by atoms with Crippen LogP contribution in [0.15, 0.2) is 24.3 Å². The van der Waals surface area contributed by atoms with Crippen LogP contribution < -0.4 is 0 Å². The van der Waals surface area contributed by atoms with Gasteiger partial charge in [-0.05, 0) is 36.0 Å². The molecule has 1 aromatic carbocycles. The van der Waals surface area contributed by atoms with Crippen LogP contribution in [0, 0.1) is 17.2 Å². The van der Waals surface area contributed by atoms with Crippen LogP contribution in [-0.4, -0.2) is 0 Å². The zero-order valence-corrected chi connectivity index (χ0v) is 9.12. The van der Waals surface area contributed by atoms with Gasteiger partial charge in [0, 0.05) is 0 Å². The fourth-order valence-electron chi connectivity index (χ4n) is 1.76. The summed E-state index contributed by atoms with van der Waals surface area (Å²) in [6, 6.07) is 10.1. The highest BCUT2D eigenvalue weighted by Crippen LogP contribution is 2.23. The Morgan fingerprint density at radius 3 is 2.57 bits per heavy atom. The van der Waals surface area contributed by atoms with E-state index in [9.17, 15) is 0 Å². The Labute approximate surface area is 86.4 Å². The molecule has 0 saturated heterocycles. The third-order valence-electron chi connectivity index (χ3n) is 2.41. The van der Waals surface area contributed by atoms with E-state index < -0.39 is 0 Å². The number of nitriles is 1. The molecule has 0 N–H and O–H groups in total. The Balaban J connectivity index is 2.80. The highest BCUT2D eigenvalue weighted by atomic mass is 14.2. The van der Waals surface area contributed by atoms with Crippen molar-refractivity contribution < 1.29 is 0 Å². The number of nitrogens with zero attached hydrogens (tertiary/aromatic N) is 1. The molecule has 0 heterocycles. The topological polar surface area (TPSA) is 23.8 Å². The fourth-order valence-corrected chi connectivity index (χ4v) is 1.76. The van der Waals surface area contributed by atoms with Gasteiger partial charge in [-0.25, -0.2) is 0 Å². The SMILES string of the molecule is CC(C)CC(C)c1cccc(C#N)c1. The minimum atomic E-state index is 0.545. The van der Waals surface area contributed by atoms with Crippen molar-refractivity contribution in [3.63, 3.8) is 0 Å². The first kappa shape index (κ1) is 10.8. The first-order valence-corrected chi connectivity index (χ1v) is 5.13. The van der Waals surface area contributed by atoms with Crippen molar-refractivity contribution in [2.24, 2.45) is 5.92 Å². The lowest BCUT2D eigenvalue weighted by Gasteiger charge is -2.14. The monoisotopic (exact) mass is 187 g/mol. The Hall–Kier alpha value is -1.29. The molecule has 0 aromatic heterocycles. The maximum Gasteiger partial charge on any atom is 0.0991 e. The molecule has 0 spiro atoms. The molecule has 14 heavy (non-hydrogen) atoms. The van der Waals surface area contributed by atoms with Crippen LogP contribution in [-0.2, 0) is 0 Å². The maximum atomic E-state index is 8.78. The van der Waals surface area contributed by atoms with Gasteiger partial charge in [-0.2, -0.15) is 5.26 Å². The van der Waals surface area contributed by atoms with Gasteiger partial charge in [0.2, 0.25) is 0 Å². The average Bonchev–Trinajstić information content (AvgIpc) is 2.17. The van der Waals surface area contributed by atoms with Crippen LogP contribution in [0.3, 0.4) is 0 Å². The molecule has 0 aliphatic carbocycles. The summed E-state index contributed by atoms with van der Waals surface area (Å²) in [6.45, 7) is 6.67. The van der Waals surface area contributed by atoms with Gasteiger partial charge in [0.05, 0.1) is 11.6 Å². The van der Waals surface area contributed by atoms with Crippen LogP contribution in [0.2, 0.25) is 0 Å². The molecule has 0 bridgehead atoms. The first-order valence-electron chi connectivity index (χ1n) is 5.13. The summed E-state index contributed by atoms with van der Waals surface area (Å²) >= 11 is 0. The average molecular weight is 187 g/mol. The van der Waals surface area contributed by atoms with E-state index in [1.54, 1.807) is 0 Å². The zero-order valence-electron chi connectivity index (χ0n) is 9.12. The van der Waals surface area contributed by atoms with Crippen LogP contribution in [0.4, 0.5) is 0 Å². The Bertz CT molecular complexity index is 333. The first-order chi connectivity index (χ1) is 6.63. The summed E-state index contributed by atoms with van der Waals surface area (Å²) in [7, 11) is 0. The molecular formula is C13H17N. The van der Waals surface area contributed by atoms with E-state index in [-0.39, 0.29) is 0 Å². The van der Waals surface area contributed by atoms with Gasteiger partial charge in [0.15, 0.2) is 0 Å². The van der Waals surface area contributed by atoms with Crippen molar-refractivity contribution in [1.29, 1.82) is 5.26 Å². The third kappa shape index (κ3) is 2.88. The van der Waals surface area contributed by atoms with Gasteiger partial charge in [0.1, 0.15) is 0 Å². The van der Waals surface area contributed by atoms with Crippen LogP contribution >= 0.6 is 0 Å². The number of hydrogen-bond donors (Lipinski definition) is 0. The third-order valence-corrected chi connectivity index (χ3v) is 2.41. The fraction of sp³-hybridized carbons (Fsp3) is 0.462. The molecule has 0 radical (unpaired) electrons. The van der Waals surface area contributed by atoms with Gasteiger partial charge in [-0.1, -0.05) is 32.9 Å². The Morgan fingerprint density at radius 2 is 2.00 bits per heavy atom. The second-order valence-corrected chi connectivity index (χ2v) is 4.27. The van der Waals surface area contributed by atoms with E-state index in [0.717, 1.165) is 5.56 Å². The van der Waals surface area contributed by atoms with Crippen molar-refractivity contribution in [3.05, 3.63) is 35.4 Å². The summed E-state index contributed by atoms with van der Waals surface area (Å²) in [4.78, 5) is 0. The number of rotatable bonds is 3. The van der Waals surface area contributed by atoms with Crippen LogP contribution in [0.1, 0.15) is 44.2 Å². The standard InChI is InChI=1S/C13H17N/c1-10(2)7-11(3)13-6-4-5-12(8-13)9-14/h4-6,8,10-11H,7H2,1-3H3. The molecule has 1 aromatic rings. The van der Waals surface area contributed by atoms with Crippen molar-refractivity contribution in [2.45, 2.75) is 33.1 Å². The minimum Gasteiger partial charge on any atom is -0.192 e. The number of hydrogen-bond acceptors (Lipinski definition) is 1. The molecular weight excluding hydrogens is 170 g/mol. The zero-order chi connectivity index (χ0) is 10.6. The second kappa shape index (κ2) is 4.81. The van der Waals surface area contributed by atoms with E-state index in [1.807, 2.05) is 18.2 Å². The molecule has 0 saturated carbocycles. The summed E-state index contributed by atoms with van der Waals surface area (Å²) < 4.78 is 0.